The van der Waals surface area contributed by atoms with Crippen LogP contribution >= 0.6 is 0 Å². The van der Waals surface area contributed by atoms with Crippen LogP contribution < -0.4 is 14.2 Å². The second kappa shape index (κ2) is 18.5. The van der Waals surface area contributed by atoms with Crippen molar-refractivity contribution in [3.05, 3.63) is 84.5 Å². The molecule has 0 saturated heterocycles. The first-order valence-electron chi connectivity index (χ1n) is 13.3. The molecule has 10 nitrogen and oxygen atoms in total. The van der Waals surface area contributed by atoms with Gasteiger partial charge >= 0.3 is 23.9 Å². The Morgan fingerprint density at radius 2 is 1.48 bits per heavy atom. The highest BCUT2D eigenvalue weighted by Crippen LogP contribution is 2.24. The molecule has 0 aliphatic rings. The molecule has 0 aliphatic heterocycles. The molecule has 0 radical (unpaired) electrons. The van der Waals surface area contributed by atoms with Crippen LogP contribution in [0.25, 0.3) is 6.08 Å². The first kappa shape index (κ1) is 33.3. The summed E-state index contributed by atoms with van der Waals surface area (Å²) in [6, 6.07) is 12.2. The maximum Gasteiger partial charge on any atom is 0.336 e. The molecular weight excluding hydrogens is 544 g/mol. The minimum absolute atomic E-state index is 0.0506. The zero-order chi connectivity index (χ0) is 30.7. The first-order valence-corrected chi connectivity index (χ1v) is 13.3. The molecule has 42 heavy (non-hydrogen) atoms. The maximum atomic E-state index is 12.3. The molecule has 0 aromatic heterocycles. The third-order valence-corrected chi connectivity index (χ3v) is 5.53. The van der Waals surface area contributed by atoms with Gasteiger partial charge in [0.2, 0.25) is 0 Å². The van der Waals surface area contributed by atoms with E-state index in [1.807, 2.05) is 19.1 Å². The Labute approximate surface area is 245 Å². The number of ether oxygens (including phenoxy) is 6. The van der Waals surface area contributed by atoms with E-state index in [9.17, 15) is 19.2 Å². The zero-order valence-corrected chi connectivity index (χ0v) is 23.9. The lowest BCUT2D eigenvalue weighted by atomic mass is 10.2. The summed E-state index contributed by atoms with van der Waals surface area (Å²) in [6.45, 7) is 9.92. The molecule has 2 aromatic carbocycles. The van der Waals surface area contributed by atoms with Gasteiger partial charge in [0.15, 0.2) is 0 Å². The Kier molecular flexibility index (Phi) is 14.7. The maximum absolute atomic E-state index is 12.3. The van der Waals surface area contributed by atoms with E-state index in [2.05, 4.69) is 17.9 Å². The minimum Gasteiger partial charge on any atom is -0.494 e. The lowest BCUT2D eigenvalue weighted by Gasteiger charge is -2.10. The Morgan fingerprint density at radius 1 is 0.810 bits per heavy atom. The Morgan fingerprint density at radius 3 is 2.17 bits per heavy atom. The van der Waals surface area contributed by atoms with Crippen LogP contribution in [-0.2, 0) is 33.4 Å². The van der Waals surface area contributed by atoms with Gasteiger partial charge in [0.05, 0.1) is 40.0 Å². The highest BCUT2D eigenvalue weighted by Gasteiger charge is 2.13. The van der Waals surface area contributed by atoms with Gasteiger partial charge in [-0.1, -0.05) is 25.3 Å². The number of aryl methyl sites for hydroxylation is 1. The number of benzene rings is 2. The smallest absolute Gasteiger partial charge is 0.336 e. The monoisotopic (exact) mass is 580 g/mol. The average molecular weight is 581 g/mol. The van der Waals surface area contributed by atoms with Crippen molar-refractivity contribution in [1.82, 2.24) is 0 Å². The molecule has 224 valence electrons. The topological polar surface area (TPSA) is 124 Å². The van der Waals surface area contributed by atoms with Gasteiger partial charge < -0.3 is 28.4 Å². The molecule has 0 amide bonds. The van der Waals surface area contributed by atoms with Gasteiger partial charge in [0.1, 0.15) is 17.2 Å². The van der Waals surface area contributed by atoms with Gasteiger partial charge in [-0.25, -0.2) is 14.4 Å². The largest absolute Gasteiger partial charge is 0.494 e. The summed E-state index contributed by atoms with van der Waals surface area (Å²) < 4.78 is 31.2. The van der Waals surface area contributed by atoms with Crippen molar-refractivity contribution in [2.24, 2.45) is 0 Å². The van der Waals surface area contributed by atoms with E-state index in [1.54, 1.807) is 36.4 Å². The molecular formula is C32H36O10. The van der Waals surface area contributed by atoms with Crippen molar-refractivity contribution < 1.29 is 47.6 Å². The molecule has 0 saturated carbocycles. The molecule has 0 atom stereocenters. The van der Waals surface area contributed by atoms with Crippen LogP contribution in [0.15, 0.2) is 73.3 Å². The summed E-state index contributed by atoms with van der Waals surface area (Å²) in [4.78, 5) is 46.2. The van der Waals surface area contributed by atoms with E-state index >= 15 is 0 Å². The molecule has 2 rings (SSSR count). The van der Waals surface area contributed by atoms with Crippen LogP contribution in [0.4, 0.5) is 0 Å². The van der Waals surface area contributed by atoms with Crippen molar-refractivity contribution in [3.63, 3.8) is 0 Å². The number of esters is 4. The number of hydrogen-bond acceptors (Lipinski definition) is 10. The molecule has 2 aromatic rings. The number of methoxy groups -OCH3 is 1. The van der Waals surface area contributed by atoms with E-state index in [0.717, 1.165) is 17.2 Å². The van der Waals surface area contributed by atoms with E-state index in [-0.39, 0.29) is 25.2 Å². The van der Waals surface area contributed by atoms with Gasteiger partial charge in [-0.3, -0.25) is 4.79 Å². The second-order valence-electron chi connectivity index (χ2n) is 8.87. The fraction of sp³-hybridized carbons (Fsp3) is 0.312. The van der Waals surface area contributed by atoms with E-state index < -0.39 is 23.9 Å². The van der Waals surface area contributed by atoms with Gasteiger partial charge in [0, 0.05) is 24.1 Å². The van der Waals surface area contributed by atoms with Crippen LogP contribution in [0.2, 0.25) is 0 Å². The third kappa shape index (κ3) is 13.0. The first-order chi connectivity index (χ1) is 20.2. The van der Waals surface area contributed by atoms with Crippen LogP contribution in [-0.4, -0.2) is 57.4 Å². The van der Waals surface area contributed by atoms with Crippen LogP contribution in [0.1, 0.15) is 36.8 Å². The van der Waals surface area contributed by atoms with E-state index in [1.165, 1.54) is 13.2 Å². The van der Waals surface area contributed by atoms with Crippen molar-refractivity contribution >= 4 is 30.0 Å². The molecule has 0 fully saturated rings. The Bertz CT molecular complexity index is 1260. The Balaban J connectivity index is 1.67. The number of carbonyl (C=O) groups is 4. The standard InChI is InChI=1S/C32H36O10/c1-5-29(33)40-20-8-19-39-28-15-14-27(21-23(28)2)42-30(34)16-11-25-9-12-26(13-10-25)38-17-6-7-18-41-32(36)24(3)22-31(35)37-4/h5,9-16,21H,1,3,6-8,17-20,22H2,2,4H3/b16-11+. The Hall–Kier alpha value is -4.86. The molecule has 0 bridgehead atoms. The summed E-state index contributed by atoms with van der Waals surface area (Å²) >= 11 is 0. The normalized spacial score (nSPS) is 10.4. The number of hydrogen-bond donors (Lipinski definition) is 0. The van der Waals surface area contributed by atoms with E-state index in [4.69, 9.17) is 23.7 Å². The molecule has 0 unspecified atom stereocenters. The van der Waals surface area contributed by atoms with Crippen LogP contribution in [0.5, 0.6) is 17.2 Å². The zero-order valence-electron chi connectivity index (χ0n) is 23.9. The molecule has 10 heteroatoms. The average Bonchev–Trinajstić information content (AvgIpc) is 2.98. The molecule has 0 aliphatic carbocycles. The quantitative estimate of drug-likeness (QED) is 0.0788. The van der Waals surface area contributed by atoms with Gasteiger partial charge in [0.25, 0.3) is 0 Å². The number of rotatable bonds is 18. The fourth-order valence-corrected chi connectivity index (χ4v) is 3.29. The number of carbonyl (C=O) groups excluding carboxylic acids is 4. The predicted molar refractivity (Wildman–Crippen MR) is 155 cm³/mol. The van der Waals surface area contributed by atoms with E-state index in [0.29, 0.717) is 49.7 Å². The van der Waals surface area contributed by atoms with Crippen molar-refractivity contribution in [2.75, 3.05) is 33.5 Å². The van der Waals surface area contributed by atoms with Gasteiger partial charge in [-0.2, -0.15) is 0 Å². The van der Waals surface area contributed by atoms with Crippen molar-refractivity contribution in [1.29, 1.82) is 0 Å². The van der Waals surface area contributed by atoms with Gasteiger partial charge in [-0.15, -0.1) is 0 Å². The summed E-state index contributed by atoms with van der Waals surface area (Å²) in [6.07, 6.45) is 5.66. The highest BCUT2D eigenvalue weighted by molar-refractivity contribution is 5.93. The fourth-order valence-electron chi connectivity index (χ4n) is 3.29. The SMILES string of the molecule is C=CC(=O)OCCCOc1ccc(OC(=O)/C=C/c2ccc(OCCCCOC(=O)C(=C)CC(=O)OC)cc2)cc1C. The van der Waals surface area contributed by atoms with Crippen molar-refractivity contribution in [3.8, 4) is 17.2 Å². The summed E-state index contributed by atoms with van der Waals surface area (Å²) in [5.74, 6) is -0.469. The summed E-state index contributed by atoms with van der Waals surface area (Å²) in [7, 11) is 1.24. The van der Waals surface area contributed by atoms with Gasteiger partial charge in [-0.05, 0) is 67.3 Å². The molecule has 0 N–H and O–H groups in total. The summed E-state index contributed by atoms with van der Waals surface area (Å²) in [5, 5.41) is 0. The summed E-state index contributed by atoms with van der Waals surface area (Å²) in [5.41, 5.74) is 1.64. The van der Waals surface area contributed by atoms with Crippen LogP contribution in [0, 0.1) is 6.92 Å². The lowest BCUT2D eigenvalue weighted by Crippen LogP contribution is -2.13. The lowest BCUT2D eigenvalue weighted by molar-refractivity contribution is -0.144. The van der Waals surface area contributed by atoms with Crippen LogP contribution in [0.3, 0.4) is 0 Å². The minimum atomic E-state index is -0.620. The van der Waals surface area contributed by atoms with Crippen molar-refractivity contribution in [2.45, 2.75) is 32.6 Å². The number of unbranched alkanes of at least 4 members (excludes halogenated alkanes) is 1. The predicted octanol–water partition coefficient (Wildman–Crippen LogP) is 4.93. The highest BCUT2D eigenvalue weighted by atomic mass is 16.5. The second-order valence-corrected chi connectivity index (χ2v) is 8.87. The molecule has 0 spiro atoms. The third-order valence-electron chi connectivity index (χ3n) is 5.53. The molecule has 0 heterocycles.